The molecule has 0 aliphatic carbocycles. The minimum Gasteiger partial charge on any atom is -0.386 e. The van der Waals surface area contributed by atoms with Gasteiger partial charge in [-0.05, 0) is 18.9 Å². The number of hydrogen-bond donors (Lipinski definition) is 2. The first-order valence-corrected chi connectivity index (χ1v) is 6.94. The lowest BCUT2D eigenvalue weighted by Gasteiger charge is -2.26. The maximum Gasteiger partial charge on any atom is 0.325 e. The van der Waals surface area contributed by atoms with E-state index in [1.165, 1.54) is 0 Å². The van der Waals surface area contributed by atoms with Crippen LogP contribution in [0.2, 0.25) is 0 Å². The summed E-state index contributed by atoms with van der Waals surface area (Å²) in [5, 5.41) is 12.6. The van der Waals surface area contributed by atoms with E-state index in [4.69, 9.17) is 0 Å². The van der Waals surface area contributed by atoms with Gasteiger partial charge < -0.3 is 10.4 Å². The minimum atomic E-state index is -1.43. The monoisotopic (exact) mass is 312 g/mol. The van der Waals surface area contributed by atoms with E-state index in [0.717, 1.165) is 17.0 Å². The third-order valence-corrected chi connectivity index (χ3v) is 4.13. The van der Waals surface area contributed by atoms with Crippen LogP contribution in [0.4, 0.5) is 13.6 Å². The van der Waals surface area contributed by atoms with Crippen molar-refractivity contribution in [1.82, 2.24) is 10.2 Å². The van der Waals surface area contributed by atoms with Crippen molar-refractivity contribution in [3.8, 4) is 0 Å². The fraction of sp³-hybridized carbons (Fsp3) is 0.467. The number of aliphatic hydroxyl groups excluding tert-OH is 1. The van der Waals surface area contributed by atoms with Gasteiger partial charge in [0.1, 0.15) is 17.2 Å². The quantitative estimate of drug-likeness (QED) is 0.835. The Morgan fingerprint density at radius 3 is 2.45 bits per heavy atom. The van der Waals surface area contributed by atoms with Crippen molar-refractivity contribution >= 4 is 11.9 Å². The third kappa shape index (κ3) is 2.68. The van der Waals surface area contributed by atoms with Crippen LogP contribution in [-0.2, 0) is 4.79 Å². The molecule has 1 heterocycles. The fourth-order valence-electron chi connectivity index (χ4n) is 2.32. The number of β-amino-alcohol motifs (C(OH)–C–C–N with tert-alkyl or cyclic N) is 1. The van der Waals surface area contributed by atoms with E-state index in [1.807, 2.05) is 0 Å². The first-order valence-electron chi connectivity index (χ1n) is 6.94. The van der Waals surface area contributed by atoms with Crippen molar-refractivity contribution in [2.75, 3.05) is 6.54 Å². The highest BCUT2D eigenvalue weighted by Crippen LogP contribution is 2.28. The molecular formula is C15H18F2N2O3. The average Bonchev–Trinajstić information content (AvgIpc) is 2.63. The Labute approximate surface area is 126 Å². The summed E-state index contributed by atoms with van der Waals surface area (Å²) < 4.78 is 26.5. The second-order valence-corrected chi connectivity index (χ2v) is 5.88. The summed E-state index contributed by atoms with van der Waals surface area (Å²) in [6.07, 6.45) is -1.43. The van der Waals surface area contributed by atoms with E-state index in [9.17, 15) is 23.5 Å². The van der Waals surface area contributed by atoms with Gasteiger partial charge in [-0.3, -0.25) is 9.69 Å². The summed E-state index contributed by atoms with van der Waals surface area (Å²) in [7, 11) is 0. The number of halogens is 2. The lowest BCUT2D eigenvalue weighted by molar-refractivity contribution is -0.133. The number of carbonyl (C=O) groups excluding carboxylic acids is 2. The number of nitrogens with zero attached hydrogens (tertiary/aromatic N) is 1. The Morgan fingerprint density at radius 2 is 1.95 bits per heavy atom. The molecule has 0 aromatic heterocycles. The first-order chi connectivity index (χ1) is 10.2. The summed E-state index contributed by atoms with van der Waals surface area (Å²) in [6.45, 7) is 4.79. The molecule has 1 saturated heterocycles. The van der Waals surface area contributed by atoms with Gasteiger partial charge in [0, 0.05) is 11.6 Å². The van der Waals surface area contributed by atoms with Crippen LogP contribution in [0.5, 0.6) is 0 Å². The zero-order valence-corrected chi connectivity index (χ0v) is 12.6. The van der Waals surface area contributed by atoms with Crippen LogP contribution in [-0.4, -0.2) is 34.0 Å². The molecule has 2 N–H and O–H groups in total. The number of benzene rings is 1. The van der Waals surface area contributed by atoms with Gasteiger partial charge in [-0.15, -0.1) is 0 Å². The van der Waals surface area contributed by atoms with Crippen LogP contribution in [0.1, 0.15) is 32.4 Å². The van der Waals surface area contributed by atoms with Gasteiger partial charge in [-0.1, -0.05) is 19.9 Å². The number of amides is 3. The number of nitrogens with one attached hydrogen (secondary N) is 1. The third-order valence-electron chi connectivity index (χ3n) is 4.13. The number of aliphatic hydroxyl groups is 1. The van der Waals surface area contributed by atoms with Gasteiger partial charge in [-0.2, -0.15) is 0 Å². The molecule has 1 fully saturated rings. The molecule has 2 atom stereocenters. The second kappa shape index (κ2) is 5.64. The van der Waals surface area contributed by atoms with E-state index >= 15 is 0 Å². The van der Waals surface area contributed by atoms with Crippen LogP contribution in [0.3, 0.4) is 0 Å². The van der Waals surface area contributed by atoms with Crippen LogP contribution >= 0.6 is 0 Å². The average molecular weight is 312 g/mol. The van der Waals surface area contributed by atoms with Gasteiger partial charge in [-0.25, -0.2) is 13.6 Å². The maximum atomic E-state index is 13.6. The molecule has 0 spiro atoms. The Bertz CT molecular complexity index is 621. The van der Waals surface area contributed by atoms with Crippen molar-refractivity contribution in [3.63, 3.8) is 0 Å². The predicted octanol–water partition coefficient (Wildman–Crippen LogP) is 1.96. The molecule has 3 amide bonds. The van der Waals surface area contributed by atoms with Gasteiger partial charge in [0.15, 0.2) is 0 Å². The van der Waals surface area contributed by atoms with Gasteiger partial charge in [0.25, 0.3) is 5.91 Å². The number of hydrogen-bond acceptors (Lipinski definition) is 3. The van der Waals surface area contributed by atoms with Crippen molar-refractivity contribution in [1.29, 1.82) is 0 Å². The molecule has 1 aromatic carbocycles. The highest BCUT2D eigenvalue weighted by molar-refractivity contribution is 6.07. The van der Waals surface area contributed by atoms with Gasteiger partial charge in [0.05, 0.1) is 12.6 Å². The largest absolute Gasteiger partial charge is 0.386 e. The van der Waals surface area contributed by atoms with E-state index in [1.54, 1.807) is 20.8 Å². The highest BCUT2D eigenvalue weighted by atomic mass is 19.1. The summed E-state index contributed by atoms with van der Waals surface area (Å²) in [6, 6.07) is 2.10. The summed E-state index contributed by atoms with van der Waals surface area (Å²) in [4.78, 5) is 25.2. The lowest BCUT2D eigenvalue weighted by atomic mass is 9.88. The fourth-order valence-corrected chi connectivity index (χ4v) is 2.32. The van der Waals surface area contributed by atoms with Crippen molar-refractivity contribution in [2.45, 2.75) is 32.4 Å². The molecule has 120 valence electrons. The molecule has 1 aliphatic heterocycles. The Morgan fingerprint density at radius 1 is 1.32 bits per heavy atom. The molecule has 0 bridgehead atoms. The van der Waals surface area contributed by atoms with E-state index < -0.39 is 41.8 Å². The number of carbonyl (C=O) groups is 2. The number of rotatable bonds is 4. The van der Waals surface area contributed by atoms with E-state index in [-0.39, 0.29) is 11.5 Å². The molecule has 0 unspecified atom stereocenters. The predicted molar refractivity (Wildman–Crippen MR) is 74.8 cm³/mol. The van der Waals surface area contributed by atoms with Crippen LogP contribution in [0.15, 0.2) is 18.2 Å². The minimum absolute atomic E-state index is 0.145. The molecule has 0 radical (unpaired) electrons. The van der Waals surface area contributed by atoms with Crippen molar-refractivity contribution < 1.29 is 23.5 Å². The smallest absolute Gasteiger partial charge is 0.325 e. The SMILES string of the molecule is CC(C)[C@]1(C)NC(=O)N(C[C@H](O)c2ccc(F)cc2F)C1=O. The van der Waals surface area contributed by atoms with Crippen molar-refractivity contribution in [2.24, 2.45) is 5.92 Å². The van der Waals surface area contributed by atoms with Gasteiger partial charge >= 0.3 is 6.03 Å². The Kier molecular flexibility index (Phi) is 4.19. The first kappa shape index (κ1) is 16.4. The molecule has 1 aromatic rings. The molecule has 22 heavy (non-hydrogen) atoms. The molecule has 1 aliphatic rings. The Balaban J connectivity index is 2.20. The summed E-state index contributed by atoms with van der Waals surface area (Å²) in [5.41, 5.74) is -1.22. The van der Waals surface area contributed by atoms with Crippen LogP contribution in [0.25, 0.3) is 0 Å². The number of urea groups is 1. The molecule has 0 saturated carbocycles. The topological polar surface area (TPSA) is 69.6 Å². The summed E-state index contributed by atoms with van der Waals surface area (Å²) in [5.74, 6) is -2.32. The molecular weight excluding hydrogens is 294 g/mol. The standard InChI is InChI=1S/C15H18F2N2O3/c1-8(2)15(3)13(21)19(14(22)18-15)7-12(20)10-5-4-9(16)6-11(10)17/h4-6,8,12,20H,7H2,1-3H3,(H,18,22)/t12-,15-/m0/s1. The van der Waals surface area contributed by atoms with E-state index in [0.29, 0.717) is 6.07 Å². The normalized spacial score (nSPS) is 23.1. The maximum absolute atomic E-state index is 13.6. The lowest BCUT2D eigenvalue weighted by Crippen LogP contribution is -2.48. The zero-order valence-electron chi connectivity index (χ0n) is 12.6. The van der Waals surface area contributed by atoms with Crippen LogP contribution < -0.4 is 5.32 Å². The molecule has 7 heteroatoms. The second-order valence-electron chi connectivity index (χ2n) is 5.88. The Hall–Kier alpha value is -2.02. The zero-order chi connectivity index (χ0) is 16.7. The number of imide groups is 1. The van der Waals surface area contributed by atoms with E-state index in [2.05, 4.69) is 5.32 Å². The highest BCUT2D eigenvalue weighted by Gasteiger charge is 2.50. The molecule has 2 rings (SSSR count). The van der Waals surface area contributed by atoms with Crippen LogP contribution in [0, 0.1) is 17.6 Å². The van der Waals surface area contributed by atoms with Crippen molar-refractivity contribution in [3.05, 3.63) is 35.4 Å². The summed E-state index contributed by atoms with van der Waals surface area (Å²) >= 11 is 0. The van der Waals surface area contributed by atoms with Gasteiger partial charge in [0.2, 0.25) is 0 Å². The molecule has 5 nitrogen and oxygen atoms in total.